The third-order valence-electron chi connectivity index (χ3n) is 4.89. The molecule has 2 aromatic carbocycles. The highest BCUT2D eigenvalue weighted by atomic mass is 35.5. The first-order valence-corrected chi connectivity index (χ1v) is 9.19. The molecule has 0 saturated heterocycles. The van der Waals surface area contributed by atoms with E-state index >= 15 is 0 Å². The Balaban J connectivity index is 1.62. The fourth-order valence-electron chi connectivity index (χ4n) is 3.36. The summed E-state index contributed by atoms with van der Waals surface area (Å²) in [4.78, 5) is 28.5. The summed E-state index contributed by atoms with van der Waals surface area (Å²) in [5.41, 5.74) is 4.73. The van der Waals surface area contributed by atoms with Gasteiger partial charge >= 0.3 is 5.76 Å². The van der Waals surface area contributed by atoms with Crippen molar-refractivity contribution in [2.75, 3.05) is 6.54 Å². The van der Waals surface area contributed by atoms with Gasteiger partial charge in [0.1, 0.15) is 0 Å². The van der Waals surface area contributed by atoms with Crippen molar-refractivity contribution in [3.63, 3.8) is 0 Å². The van der Waals surface area contributed by atoms with Crippen molar-refractivity contribution in [2.45, 2.75) is 26.3 Å². The number of aromatic nitrogens is 2. The number of aromatic amines is 1. The van der Waals surface area contributed by atoms with E-state index in [0.717, 1.165) is 12.8 Å². The topological polar surface area (TPSA) is 79.2 Å². The Morgan fingerprint density at radius 2 is 2.11 bits per heavy atom. The van der Waals surface area contributed by atoms with E-state index in [1.54, 1.807) is 23.1 Å². The number of carbonyl (C=O) groups is 1. The first kappa shape index (κ1) is 17.5. The van der Waals surface area contributed by atoms with Crippen molar-refractivity contribution in [1.82, 2.24) is 15.0 Å². The highest BCUT2D eigenvalue weighted by Crippen LogP contribution is 2.27. The highest BCUT2D eigenvalue weighted by Gasteiger charge is 2.24. The molecular formula is C20H18ClN3O3. The van der Waals surface area contributed by atoms with E-state index in [9.17, 15) is 9.59 Å². The fourth-order valence-corrected chi connectivity index (χ4v) is 3.56. The van der Waals surface area contributed by atoms with E-state index in [4.69, 9.17) is 11.6 Å². The van der Waals surface area contributed by atoms with E-state index in [2.05, 4.69) is 39.8 Å². The van der Waals surface area contributed by atoms with Crippen LogP contribution in [0.3, 0.4) is 0 Å². The van der Waals surface area contributed by atoms with Crippen LogP contribution in [0.2, 0.25) is 5.02 Å². The lowest BCUT2D eigenvalue weighted by molar-refractivity contribution is 0.0735. The lowest BCUT2D eigenvalue weighted by Gasteiger charge is -2.29. The van der Waals surface area contributed by atoms with E-state index < -0.39 is 5.76 Å². The van der Waals surface area contributed by atoms with E-state index in [-0.39, 0.29) is 11.7 Å². The molecule has 0 unspecified atom stereocenters. The number of nitrogens with zero attached hydrogens (tertiary/aromatic N) is 2. The van der Waals surface area contributed by atoms with Gasteiger partial charge in [-0.25, -0.2) is 4.79 Å². The van der Waals surface area contributed by atoms with Crippen molar-refractivity contribution >= 4 is 17.5 Å². The molecule has 4 rings (SSSR count). The summed E-state index contributed by atoms with van der Waals surface area (Å²) in [5, 5.41) is 4.03. The van der Waals surface area contributed by atoms with Gasteiger partial charge in [0, 0.05) is 18.7 Å². The average molecular weight is 384 g/mol. The predicted molar refractivity (Wildman–Crippen MR) is 102 cm³/mol. The smallest absolute Gasteiger partial charge is 0.334 e. The quantitative estimate of drug-likeness (QED) is 0.751. The number of aryl methyl sites for hydroxylation is 1. The molecule has 7 heteroatoms. The molecule has 1 aliphatic rings. The van der Waals surface area contributed by atoms with E-state index in [0.29, 0.717) is 29.2 Å². The summed E-state index contributed by atoms with van der Waals surface area (Å²) >= 11 is 6.28. The van der Waals surface area contributed by atoms with Crippen LogP contribution in [0.5, 0.6) is 0 Å². The molecule has 0 radical (unpaired) electrons. The largest absolute Gasteiger partial charge is 0.439 e. The zero-order chi connectivity index (χ0) is 19.0. The Bertz CT molecular complexity index is 1070. The van der Waals surface area contributed by atoms with E-state index in [1.807, 2.05) is 0 Å². The molecule has 0 saturated carbocycles. The molecule has 1 N–H and O–H groups in total. The standard InChI is InChI=1S/C20H18ClN3O3/c1-2-12-3-4-15-11-24(8-7-13(15)9-12)19(25)16-10-14(5-6-17(16)21)18-22-20(26)27-23-18/h3-6,9-10H,2,7-8,11H2,1H3,(H,22,23,26). The predicted octanol–water partition coefficient (Wildman–Crippen LogP) is 3.44. The SMILES string of the molecule is CCc1ccc2c(c1)CCN(C(=O)c1cc(-c3noc(=O)[nH]3)ccc1Cl)C2. The molecule has 0 fully saturated rings. The molecule has 138 valence electrons. The number of benzene rings is 2. The van der Waals surface area contributed by atoms with E-state index in [1.165, 1.54) is 16.7 Å². The van der Waals surface area contributed by atoms with Crippen LogP contribution in [0, 0.1) is 0 Å². The minimum Gasteiger partial charge on any atom is -0.334 e. The summed E-state index contributed by atoms with van der Waals surface area (Å²) in [5.74, 6) is -0.522. The second-order valence-electron chi connectivity index (χ2n) is 6.57. The molecule has 1 aliphatic heterocycles. The molecule has 3 aromatic rings. The molecule has 0 spiro atoms. The van der Waals surface area contributed by atoms with Crippen LogP contribution in [0.4, 0.5) is 0 Å². The van der Waals surface area contributed by atoms with Crippen LogP contribution >= 0.6 is 11.6 Å². The van der Waals surface area contributed by atoms with Crippen LogP contribution in [0.25, 0.3) is 11.4 Å². The number of carbonyl (C=O) groups excluding carboxylic acids is 1. The zero-order valence-electron chi connectivity index (χ0n) is 14.8. The van der Waals surface area contributed by atoms with Crippen LogP contribution < -0.4 is 5.76 Å². The number of nitrogens with one attached hydrogen (secondary N) is 1. The Labute approximate surface area is 160 Å². The average Bonchev–Trinajstić information content (AvgIpc) is 3.13. The first-order chi connectivity index (χ1) is 13.0. The number of halogens is 1. The number of rotatable bonds is 3. The Hall–Kier alpha value is -2.86. The molecule has 1 amide bonds. The van der Waals surface area contributed by atoms with Gasteiger partial charge in [0.15, 0.2) is 5.82 Å². The summed E-state index contributed by atoms with van der Waals surface area (Å²) in [6, 6.07) is 11.4. The molecule has 1 aromatic heterocycles. The zero-order valence-corrected chi connectivity index (χ0v) is 15.5. The normalized spacial score (nSPS) is 13.5. The van der Waals surface area contributed by atoms with Crippen LogP contribution in [0.1, 0.15) is 34.0 Å². The molecule has 0 aliphatic carbocycles. The van der Waals surface area contributed by atoms with Crippen molar-refractivity contribution in [3.05, 3.63) is 74.2 Å². The molecule has 2 heterocycles. The van der Waals surface area contributed by atoms with Crippen molar-refractivity contribution < 1.29 is 9.32 Å². The summed E-state index contributed by atoms with van der Waals surface area (Å²) in [6.07, 6.45) is 1.82. The fraction of sp³-hybridized carbons (Fsp3) is 0.250. The summed E-state index contributed by atoms with van der Waals surface area (Å²) in [7, 11) is 0. The van der Waals surface area contributed by atoms with Gasteiger partial charge in [-0.05, 0) is 47.7 Å². The Kier molecular flexibility index (Phi) is 4.58. The van der Waals surface area contributed by atoms with Gasteiger partial charge in [-0.3, -0.25) is 14.3 Å². The van der Waals surface area contributed by atoms with Gasteiger partial charge in [-0.1, -0.05) is 41.9 Å². The van der Waals surface area contributed by atoms with Crippen LogP contribution in [0.15, 0.2) is 45.7 Å². The molecule has 27 heavy (non-hydrogen) atoms. The minimum absolute atomic E-state index is 0.141. The molecule has 6 nitrogen and oxygen atoms in total. The van der Waals surface area contributed by atoms with Crippen LogP contribution in [-0.4, -0.2) is 27.5 Å². The maximum Gasteiger partial charge on any atom is 0.439 e. The maximum atomic E-state index is 13.1. The number of fused-ring (bicyclic) bond motifs is 1. The number of H-pyrrole nitrogens is 1. The van der Waals surface area contributed by atoms with Crippen molar-refractivity contribution in [2.24, 2.45) is 0 Å². The lowest BCUT2D eigenvalue weighted by Crippen LogP contribution is -2.36. The maximum absolute atomic E-state index is 13.1. The lowest BCUT2D eigenvalue weighted by atomic mass is 9.96. The molecular weight excluding hydrogens is 366 g/mol. The van der Waals surface area contributed by atoms with Gasteiger partial charge in [0.05, 0.1) is 10.6 Å². The van der Waals surface area contributed by atoms with Crippen molar-refractivity contribution in [1.29, 1.82) is 0 Å². The molecule has 0 bridgehead atoms. The van der Waals surface area contributed by atoms with Gasteiger partial charge in [-0.2, -0.15) is 0 Å². The Morgan fingerprint density at radius 3 is 2.85 bits per heavy atom. The summed E-state index contributed by atoms with van der Waals surface area (Å²) in [6.45, 7) is 3.33. The van der Waals surface area contributed by atoms with Crippen molar-refractivity contribution in [3.8, 4) is 11.4 Å². The van der Waals surface area contributed by atoms with Gasteiger partial charge in [0.25, 0.3) is 5.91 Å². The minimum atomic E-state index is -0.646. The van der Waals surface area contributed by atoms with Crippen LogP contribution in [-0.2, 0) is 19.4 Å². The Morgan fingerprint density at radius 1 is 1.26 bits per heavy atom. The van der Waals surface area contributed by atoms with Gasteiger partial charge in [0.2, 0.25) is 0 Å². The third-order valence-corrected chi connectivity index (χ3v) is 5.22. The number of amides is 1. The summed E-state index contributed by atoms with van der Waals surface area (Å²) < 4.78 is 4.53. The first-order valence-electron chi connectivity index (χ1n) is 8.81. The number of hydrogen-bond donors (Lipinski definition) is 1. The monoisotopic (exact) mass is 383 g/mol. The number of hydrogen-bond acceptors (Lipinski definition) is 4. The van der Waals surface area contributed by atoms with Gasteiger partial charge < -0.3 is 4.90 Å². The molecule has 0 atom stereocenters. The second kappa shape index (κ2) is 7.04. The second-order valence-corrected chi connectivity index (χ2v) is 6.98. The highest BCUT2D eigenvalue weighted by molar-refractivity contribution is 6.34. The third kappa shape index (κ3) is 3.40. The van der Waals surface area contributed by atoms with Gasteiger partial charge in [-0.15, -0.1) is 0 Å².